The average Bonchev–Trinajstić information content (AvgIpc) is 2.98. The van der Waals surface area contributed by atoms with Gasteiger partial charge in [-0.05, 0) is 19.4 Å². The van der Waals surface area contributed by atoms with E-state index in [4.69, 9.17) is 0 Å². The van der Waals surface area contributed by atoms with Gasteiger partial charge in [-0.3, -0.25) is 14.9 Å². The molecule has 0 aliphatic carbocycles. The van der Waals surface area contributed by atoms with Gasteiger partial charge in [0, 0.05) is 30.8 Å². The summed E-state index contributed by atoms with van der Waals surface area (Å²) in [5.74, 6) is -0.395. The van der Waals surface area contributed by atoms with Crippen LogP contribution in [0.4, 0.5) is 5.13 Å². The van der Waals surface area contributed by atoms with Gasteiger partial charge < -0.3 is 0 Å². The molecular weight excluding hydrogens is 324 g/mol. The SMILES string of the molecule is Cc1ccc(-c2csc(NC(=O)C3=NN(C)C(=O)CC3)n2)c(C)c1. The third-order valence-electron chi connectivity index (χ3n) is 3.85. The van der Waals surface area contributed by atoms with E-state index in [0.29, 0.717) is 23.7 Å². The fourth-order valence-electron chi connectivity index (χ4n) is 2.56. The van der Waals surface area contributed by atoms with Crippen molar-refractivity contribution in [3.05, 3.63) is 34.7 Å². The number of hydrogen-bond donors (Lipinski definition) is 1. The number of amides is 2. The molecule has 2 amide bonds. The van der Waals surface area contributed by atoms with Gasteiger partial charge in [0.2, 0.25) is 5.91 Å². The first-order valence-corrected chi connectivity index (χ1v) is 8.50. The molecule has 1 aliphatic heterocycles. The Balaban J connectivity index is 1.76. The Kier molecular flexibility index (Phi) is 4.44. The molecule has 0 saturated carbocycles. The van der Waals surface area contributed by atoms with Crippen molar-refractivity contribution in [2.24, 2.45) is 5.10 Å². The molecule has 2 aromatic rings. The molecule has 0 fully saturated rings. The molecule has 3 rings (SSSR count). The molecule has 6 nitrogen and oxygen atoms in total. The number of aromatic nitrogens is 1. The first-order valence-electron chi connectivity index (χ1n) is 7.62. The van der Waals surface area contributed by atoms with Crippen molar-refractivity contribution in [2.45, 2.75) is 26.7 Å². The Hall–Kier alpha value is -2.54. The van der Waals surface area contributed by atoms with Crippen molar-refractivity contribution in [3.63, 3.8) is 0 Å². The van der Waals surface area contributed by atoms with Gasteiger partial charge in [0.15, 0.2) is 5.13 Å². The molecule has 1 aliphatic rings. The van der Waals surface area contributed by atoms with Crippen molar-refractivity contribution < 1.29 is 9.59 Å². The molecule has 2 heterocycles. The lowest BCUT2D eigenvalue weighted by Crippen LogP contribution is -2.34. The molecule has 1 aromatic heterocycles. The van der Waals surface area contributed by atoms with E-state index in [9.17, 15) is 9.59 Å². The Morgan fingerprint density at radius 3 is 2.79 bits per heavy atom. The number of benzene rings is 1. The van der Waals surface area contributed by atoms with Gasteiger partial charge in [-0.1, -0.05) is 23.8 Å². The first kappa shape index (κ1) is 16.3. The maximum atomic E-state index is 12.3. The Bertz CT molecular complexity index is 841. The molecule has 1 aromatic carbocycles. The van der Waals surface area contributed by atoms with Crippen LogP contribution >= 0.6 is 11.3 Å². The Morgan fingerprint density at radius 2 is 2.08 bits per heavy atom. The molecule has 0 saturated heterocycles. The van der Waals surface area contributed by atoms with Crippen LogP contribution in [-0.2, 0) is 9.59 Å². The predicted molar refractivity (Wildman–Crippen MR) is 95.1 cm³/mol. The van der Waals surface area contributed by atoms with Crippen LogP contribution in [-0.4, -0.2) is 34.6 Å². The Labute approximate surface area is 144 Å². The van der Waals surface area contributed by atoms with E-state index in [-0.39, 0.29) is 11.8 Å². The van der Waals surface area contributed by atoms with Gasteiger partial charge in [0.25, 0.3) is 5.91 Å². The molecule has 0 atom stereocenters. The monoisotopic (exact) mass is 342 g/mol. The lowest BCUT2D eigenvalue weighted by Gasteiger charge is -2.18. The zero-order valence-electron chi connectivity index (χ0n) is 13.8. The van der Waals surface area contributed by atoms with Crippen molar-refractivity contribution in [3.8, 4) is 11.3 Å². The minimum atomic E-state index is -0.309. The molecule has 1 N–H and O–H groups in total. The van der Waals surface area contributed by atoms with Crippen LogP contribution in [0, 0.1) is 13.8 Å². The van der Waals surface area contributed by atoms with E-state index in [1.54, 1.807) is 7.05 Å². The summed E-state index contributed by atoms with van der Waals surface area (Å²) >= 11 is 1.37. The summed E-state index contributed by atoms with van der Waals surface area (Å²) in [4.78, 5) is 28.2. The molecule has 0 spiro atoms. The van der Waals surface area contributed by atoms with Crippen molar-refractivity contribution in [1.82, 2.24) is 9.99 Å². The summed E-state index contributed by atoms with van der Waals surface area (Å²) in [6.45, 7) is 4.10. The number of thiazole rings is 1. The van der Waals surface area contributed by atoms with Crippen LogP contribution in [0.5, 0.6) is 0 Å². The number of carbonyl (C=O) groups is 2. The molecule has 24 heavy (non-hydrogen) atoms. The van der Waals surface area contributed by atoms with Gasteiger partial charge in [-0.25, -0.2) is 9.99 Å². The molecular formula is C17H18N4O2S. The summed E-state index contributed by atoms with van der Waals surface area (Å²) in [7, 11) is 1.55. The highest BCUT2D eigenvalue weighted by atomic mass is 32.1. The molecule has 0 bridgehead atoms. The fraction of sp³-hybridized carbons (Fsp3) is 0.294. The van der Waals surface area contributed by atoms with E-state index in [2.05, 4.69) is 28.4 Å². The summed E-state index contributed by atoms with van der Waals surface area (Å²) in [6, 6.07) is 6.19. The minimum Gasteiger partial charge on any atom is -0.297 e. The van der Waals surface area contributed by atoms with Crippen LogP contribution in [0.3, 0.4) is 0 Å². The number of nitrogens with zero attached hydrogens (tertiary/aromatic N) is 3. The zero-order valence-corrected chi connectivity index (χ0v) is 14.6. The molecule has 0 unspecified atom stereocenters. The van der Waals surface area contributed by atoms with Crippen LogP contribution in [0.1, 0.15) is 24.0 Å². The molecule has 7 heteroatoms. The van der Waals surface area contributed by atoms with E-state index in [0.717, 1.165) is 16.8 Å². The summed E-state index contributed by atoms with van der Waals surface area (Å²) in [5.41, 5.74) is 4.59. The second kappa shape index (κ2) is 6.52. The minimum absolute atomic E-state index is 0.0852. The third-order valence-corrected chi connectivity index (χ3v) is 4.61. The number of rotatable bonds is 3. The van der Waals surface area contributed by atoms with E-state index >= 15 is 0 Å². The van der Waals surface area contributed by atoms with Crippen LogP contribution in [0.2, 0.25) is 0 Å². The number of hydrogen-bond acceptors (Lipinski definition) is 5. The number of nitrogens with one attached hydrogen (secondary N) is 1. The summed E-state index contributed by atoms with van der Waals surface area (Å²) in [5, 5.41) is 10.4. The standard InChI is InChI=1S/C17H18N4O2S/c1-10-4-5-12(11(2)8-10)14-9-24-17(18-14)19-16(23)13-6-7-15(22)21(3)20-13/h4-5,8-9H,6-7H2,1-3H3,(H,18,19,23). The number of hydrazone groups is 1. The first-order chi connectivity index (χ1) is 11.4. The lowest BCUT2D eigenvalue weighted by molar-refractivity contribution is -0.130. The van der Waals surface area contributed by atoms with Crippen molar-refractivity contribution in [1.29, 1.82) is 0 Å². The highest BCUT2D eigenvalue weighted by Crippen LogP contribution is 2.28. The number of carbonyl (C=O) groups excluding carboxylic acids is 2. The van der Waals surface area contributed by atoms with E-state index in [1.807, 2.05) is 24.4 Å². The maximum Gasteiger partial charge on any atom is 0.273 e. The fourth-order valence-corrected chi connectivity index (χ4v) is 3.26. The third kappa shape index (κ3) is 3.35. The van der Waals surface area contributed by atoms with Gasteiger partial charge in [-0.15, -0.1) is 11.3 Å². The van der Waals surface area contributed by atoms with Crippen LogP contribution < -0.4 is 5.32 Å². The van der Waals surface area contributed by atoms with Gasteiger partial charge in [-0.2, -0.15) is 5.10 Å². The average molecular weight is 342 g/mol. The largest absolute Gasteiger partial charge is 0.297 e. The second-order valence-electron chi connectivity index (χ2n) is 5.77. The molecule has 0 radical (unpaired) electrons. The summed E-state index contributed by atoms with van der Waals surface area (Å²) < 4.78 is 0. The summed E-state index contributed by atoms with van der Waals surface area (Å²) in [6.07, 6.45) is 0.652. The molecule has 124 valence electrons. The lowest BCUT2D eigenvalue weighted by atomic mass is 10.0. The van der Waals surface area contributed by atoms with Gasteiger partial charge in [0.1, 0.15) is 5.71 Å². The predicted octanol–water partition coefficient (Wildman–Crippen LogP) is 2.97. The van der Waals surface area contributed by atoms with Crippen molar-refractivity contribution in [2.75, 3.05) is 12.4 Å². The van der Waals surface area contributed by atoms with E-state index in [1.165, 1.54) is 21.9 Å². The highest BCUT2D eigenvalue weighted by Gasteiger charge is 2.22. The van der Waals surface area contributed by atoms with Gasteiger partial charge in [0.05, 0.1) is 5.69 Å². The quantitative estimate of drug-likeness (QED) is 0.932. The topological polar surface area (TPSA) is 74.7 Å². The highest BCUT2D eigenvalue weighted by molar-refractivity contribution is 7.14. The van der Waals surface area contributed by atoms with Crippen LogP contribution in [0.25, 0.3) is 11.3 Å². The maximum absolute atomic E-state index is 12.3. The number of anilines is 1. The smallest absolute Gasteiger partial charge is 0.273 e. The zero-order chi connectivity index (χ0) is 17.3. The van der Waals surface area contributed by atoms with Crippen LogP contribution in [0.15, 0.2) is 28.7 Å². The second-order valence-corrected chi connectivity index (χ2v) is 6.63. The van der Waals surface area contributed by atoms with E-state index < -0.39 is 0 Å². The normalized spacial score (nSPS) is 14.5. The van der Waals surface area contributed by atoms with Gasteiger partial charge >= 0.3 is 0 Å². The Morgan fingerprint density at radius 1 is 1.29 bits per heavy atom. The number of aryl methyl sites for hydroxylation is 2. The van der Waals surface area contributed by atoms with Crippen molar-refractivity contribution >= 4 is 34.0 Å².